The molecule has 1 aliphatic carbocycles. The summed E-state index contributed by atoms with van der Waals surface area (Å²) in [7, 11) is 1.46. The first kappa shape index (κ1) is 13.3. The molecule has 0 saturated heterocycles. The molecule has 1 unspecified atom stereocenters. The minimum Gasteiger partial charge on any atom is -0.469 e. The summed E-state index contributed by atoms with van der Waals surface area (Å²) < 4.78 is 4.71. The lowest BCUT2D eigenvalue weighted by atomic mass is 9.82. The fourth-order valence-electron chi connectivity index (χ4n) is 2.34. The maximum absolute atomic E-state index is 11.2. The van der Waals surface area contributed by atoms with Gasteiger partial charge in [-0.3, -0.25) is 4.79 Å². The number of hydrogen-bond acceptors (Lipinski definition) is 2. The zero-order valence-electron chi connectivity index (χ0n) is 10.8. The SMILES string of the molecule is COC(=O)C(C)CCCCC1(C)CC=CC1. The van der Waals surface area contributed by atoms with E-state index in [0.29, 0.717) is 5.41 Å². The number of ether oxygens (including phenoxy) is 1. The quantitative estimate of drug-likeness (QED) is 0.390. The van der Waals surface area contributed by atoms with E-state index in [9.17, 15) is 4.79 Å². The Balaban J connectivity index is 2.10. The highest BCUT2D eigenvalue weighted by Gasteiger charge is 2.24. The van der Waals surface area contributed by atoms with Crippen LogP contribution in [0, 0.1) is 11.3 Å². The van der Waals surface area contributed by atoms with Crippen LogP contribution in [0.4, 0.5) is 0 Å². The lowest BCUT2D eigenvalue weighted by Gasteiger charge is -2.23. The molecule has 2 nitrogen and oxygen atoms in total. The van der Waals surface area contributed by atoms with Crippen molar-refractivity contribution in [3.05, 3.63) is 12.2 Å². The van der Waals surface area contributed by atoms with Crippen LogP contribution in [0.25, 0.3) is 0 Å². The van der Waals surface area contributed by atoms with Crippen LogP contribution < -0.4 is 0 Å². The van der Waals surface area contributed by atoms with Gasteiger partial charge >= 0.3 is 5.97 Å². The highest BCUT2D eigenvalue weighted by atomic mass is 16.5. The third-order valence-corrected chi connectivity index (χ3v) is 3.66. The molecule has 0 radical (unpaired) electrons. The third kappa shape index (κ3) is 3.99. The Hall–Kier alpha value is -0.790. The van der Waals surface area contributed by atoms with E-state index in [0.717, 1.165) is 12.8 Å². The number of unbranched alkanes of at least 4 members (excludes halogenated alkanes) is 1. The molecule has 0 bridgehead atoms. The van der Waals surface area contributed by atoms with Crippen molar-refractivity contribution in [1.29, 1.82) is 0 Å². The van der Waals surface area contributed by atoms with Crippen molar-refractivity contribution in [2.75, 3.05) is 7.11 Å². The Morgan fingerprint density at radius 2 is 2.00 bits per heavy atom. The Labute approximate surface area is 99.1 Å². The van der Waals surface area contributed by atoms with Gasteiger partial charge in [0.2, 0.25) is 0 Å². The van der Waals surface area contributed by atoms with Gasteiger partial charge in [0, 0.05) is 0 Å². The average Bonchev–Trinajstić information content (AvgIpc) is 2.70. The predicted octanol–water partition coefficient (Wildman–Crippen LogP) is 3.71. The highest BCUT2D eigenvalue weighted by Crippen LogP contribution is 2.37. The standard InChI is InChI=1S/C14H24O2/c1-12(13(15)16-3)8-4-5-9-14(2)10-6-7-11-14/h6-7,12H,4-5,8-11H2,1-3H3. The van der Waals surface area contributed by atoms with Crippen LogP contribution in [-0.2, 0) is 9.53 Å². The first-order chi connectivity index (χ1) is 7.57. The van der Waals surface area contributed by atoms with Crippen LogP contribution in [0.15, 0.2) is 12.2 Å². The Morgan fingerprint density at radius 1 is 1.38 bits per heavy atom. The maximum Gasteiger partial charge on any atom is 0.308 e. The van der Waals surface area contributed by atoms with Crippen LogP contribution in [0.5, 0.6) is 0 Å². The van der Waals surface area contributed by atoms with Gasteiger partial charge in [0.25, 0.3) is 0 Å². The molecular weight excluding hydrogens is 200 g/mol. The van der Waals surface area contributed by atoms with E-state index in [4.69, 9.17) is 4.74 Å². The fourth-order valence-corrected chi connectivity index (χ4v) is 2.34. The molecule has 92 valence electrons. The largest absolute Gasteiger partial charge is 0.469 e. The van der Waals surface area contributed by atoms with Crippen LogP contribution in [0.1, 0.15) is 52.4 Å². The molecule has 1 aliphatic rings. The molecule has 16 heavy (non-hydrogen) atoms. The molecular formula is C14H24O2. The van der Waals surface area contributed by atoms with Crippen molar-refractivity contribution in [3.63, 3.8) is 0 Å². The zero-order chi connectivity index (χ0) is 12.0. The molecule has 0 fully saturated rings. The molecule has 0 aromatic heterocycles. The second-order valence-corrected chi connectivity index (χ2v) is 5.36. The molecule has 0 amide bonds. The number of allylic oxidation sites excluding steroid dienone is 2. The molecule has 2 heteroatoms. The minimum atomic E-state index is -0.0752. The lowest BCUT2D eigenvalue weighted by Crippen LogP contribution is -2.14. The van der Waals surface area contributed by atoms with Gasteiger partial charge in [-0.1, -0.05) is 38.8 Å². The average molecular weight is 224 g/mol. The van der Waals surface area contributed by atoms with Crippen molar-refractivity contribution in [3.8, 4) is 0 Å². The normalized spacial score (nSPS) is 19.7. The number of rotatable bonds is 6. The Morgan fingerprint density at radius 3 is 2.56 bits per heavy atom. The second kappa shape index (κ2) is 6.07. The summed E-state index contributed by atoms with van der Waals surface area (Å²) in [6.45, 7) is 4.31. The van der Waals surface area contributed by atoms with Gasteiger partial charge in [-0.15, -0.1) is 0 Å². The van der Waals surface area contributed by atoms with Crippen molar-refractivity contribution < 1.29 is 9.53 Å². The zero-order valence-corrected chi connectivity index (χ0v) is 10.8. The second-order valence-electron chi connectivity index (χ2n) is 5.36. The van der Waals surface area contributed by atoms with Crippen LogP contribution in [-0.4, -0.2) is 13.1 Å². The van der Waals surface area contributed by atoms with E-state index in [1.807, 2.05) is 6.92 Å². The molecule has 1 atom stereocenters. The molecule has 0 heterocycles. The lowest BCUT2D eigenvalue weighted by molar-refractivity contribution is -0.145. The molecule has 0 N–H and O–H groups in total. The van der Waals surface area contributed by atoms with Gasteiger partial charge in [0.1, 0.15) is 0 Å². The fraction of sp³-hybridized carbons (Fsp3) is 0.786. The Kier molecular flexibility index (Phi) is 5.04. The van der Waals surface area contributed by atoms with Gasteiger partial charge in [-0.25, -0.2) is 0 Å². The van der Waals surface area contributed by atoms with Gasteiger partial charge < -0.3 is 4.74 Å². The molecule has 0 aromatic carbocycles. The first-order valence-corrected chi connectivity index (χ1v) is 6.30. The minimum absolute atomic E-state index is 0.0551. The van der Waals surface area contributed by atoms with E-state index in [2.05, 4.69) is 19.1 Å². The summed E-state index contributed by atoms with van der Waals surface area (Å²) in [6, 6.07) is 0. The van der Waals surface area contributed by atoms with Crippen LogP contribution in [0.2, 0.25) is 0 Å². The van der Waals surface area contributed by atoms with Gasteiger partial charge in [0.15, 0.2) is 0 Å². The molecule has 0 saturated carbocycles. The monoisotopic (exact) mass is 224 g/mol. The summed E-state index contributed by atoms with van der Waals surface area (Å²) in [4.78, 5) is 11.2. The van der Waals surface area contributed by atoms with Crippen molar-refractivity contribution >= 4 is 5.97 Å². The van der Waals surface area contributed by atoms with Crippen molar-refractivity contribution in [2.24, 2.45) is 11.3 Å². The van der Waals surface area contributed by atoms with Crippen LogP contribution in [0.3, 0.4) is 0 Å². The number of carbonyl (C=O) groups is 1. The number of hydrogen-bond donors (Lipinski definition) is 0. The molecule has 0 spiro atoms. The molecule has 1 rings (SSSR count). The summed E-state index contributed by atoms with van der Waals surface area (Å²) >= 11 is 0. The van der Waals surface area contributed by atoms with Crippen molar-refractivity contribution in [1.82, 2.24) is 0 Å². The first-order valence-electron chi connectivity index (χ1n) is 6.30. The predicted molar refractivity (Wildman–Crippen MR) is 66.1 cm³/mol. The van der Waals surface area contributed by atoms with E-state index in [1.54, 1.807) is 0 Å². The van der Waals surface area contributed by atoms with Gasteiger partial charge in [0.05, 0.1) is 13.0 Å². The van der Waals surface area contributed by atoms with Gasteiger partial charge in [-0.05, 0) is 31.1 Å². The van der Waals surface area contributed by atoms with Gasteiger partial charge in [-0.2, -0.15) is 0 Å². The third-order valence-electron chi connectivity index (χ3n) is 3.66. The molecule has 0 aliphatic heterocycles. The number of methoxy groups -OCH3 is 1. The van der Waals surface area contributed by atoms with Crippen LogP contribution >= 0.6 is 0 Å². The summed E-state index contributed by atoms with van der Waals surface area (Å²) in [5.74, 6) is -0.0201. The highest BCUT2D eigenvalue weighted by molar-refractivity contribution is 5.71. The summed E-state index contributed by atoms with van der Waals surface area (Å²) in [6.07, 6.45) is 11.6. The number of esters is 1. The van der Waals surface area contributed by atoms with E-state index >= 15 is 0 Å². The Bertz CT molecular complexity index is 247. The molecule has 0 aromatic rings. The van der Waals surface area contributed by atoms with E-state index in [-0.39, 0.29) is 11.9 Å². The van der Waals surface area contributed by atoms with E-state index in [1.165, 1.54) is 32.8 Å². The number of carbonyl (C=O) groups excluding carboxylic acids is 1. The summed E-state index contributed by atoms with van der Waals surface area (Å²) in [5.41, 5.74) is 0.495. The smallest absolute Gasteiger partial charge is 0.308 e. The maximum atomic E-state index is 11.2. The van der Waals surface area contributed by atoms with Crippen molar-refractivity contribution in [2.45, 2.75) is 52.4 Å². The summed E-state index contributed by atoms with van der Waals surface area (Å²) in [5, 5.41) is 0. The van der Waals surface area contributed by atoms with E-state index < -0.39 is 0 Å². The topological polar surface area (TPSA) is 26.3 Å².